The van der Waals surface area contributed by atoms with E-state index >= 15 is 0 Å². The van der Waals surface area contributed by atoms with Gasteiger partial charge in [0.15, 0.2) is 5.78 Å². The fraction of sp³-hybridized carbons (Fsp3) is 0.300. The molecule has 0 aliphatic carbocycles. The van der Waals surface area contributed by atoms with E-state index in [1.54, 1.807) is 30.8 Å². The van der Waals surface area contributed by atoms with Crippen LogP contribution in [0.25, 0.3) is 10.5 Å². The third-order valence-electron chi connectivity index (χ3n) is 5.65. The Hall–Kier alpha value is -3.03. The van der Waals surface area contributed by atoms with Crippen molar-refractivity contribution in [3.05, 3.63) is 109 Å². The number of halogens is 1. The molecular formula is C30H34FNO3S2. The van der Waals surface area contributed by atoms with Crippen LogP contribution < -0.4 is 0 Å². The fourth-order valence-corrected chi connectivity index (χ4v) is 5.09. The van der Waals surface area contributed by atoms with Gasteiger partial charge in [-0.15, -0.1) is 0 Å². The van der Waals surface area contributed by atoms with Gasteiger partial charge in [0, 0.05) is 17.4 Å². The number of hydrogen-bond donors (Lipinski definition) is 0. The second kappa shape index (κ2) is 13.5. The van der Waals surface area contributed by atoms with Gasteiger partial charge in [-0.05, 0) is 71.6 Å². The number of Topliss-reactive ketones (excluding diaryl/α,β-unsaturated/α-hetero) is 1. The molecule has 1 heterocycles. The Labute approximate surface area is 227 Å². The van der Waals surface area contributed by atoms with E-state index in [1.807, 2.05) is 13.0 Å². The van der Waals surface area contributed by atoms with Crippen molar-refractivity contribution in [2.24, 2.45) is 0 Å². The average Bonchev–Trinajstić information content (AvgIpc) is 3.37. The van der Waals surface area contributed by atoms with Crippen molar-refractivity contribution in [1.29, 1.82) is 0 Å². The molecule has 0 aliphatic heterocycles. The molecule has 0 radical (unpaired) electrons. The number of nitro groups is 1. The van der Waals surface area contributed by atoms with Gasteiger partial charge in [0.05, 0.1) is 9.80 Å². The van der Waals surface area contributed by atoms with Crippen molar-refractivity contribution in [3.8, 4) is 0 Å². The topological polar surface area (TPSA) is 60.2 Å². The van der Waals surface area contributed by atoms with Crippen molar-refractivity contribution < 1.29 is 14.1 Å². The minimum absolute atomic E-state index is 0.0202. The first kappa shape index (κ1) is 30.2. The Balaban J connectivity index is 0.000000335. The Bertz CT molecular complexity index is 1300. The van der Waals surface area contributed by atoms with Crippen molar-refractivity contribution >= 4 is 44.4 Å². The molecule has 0 unspecified atom stereocenters. The van der Waals surface area contributed by atoms with Gasteiger partial charge in [-0.3, -0.25) is 14.9 Å². The number of ketones is 1. The molecule has 0 fully saturated rings. The number of hydrogen-bond acceptors (Lipinski definition) is 5. The standard InChI is InChI=1S/C23H27FS.C7H7NO3S/c1-7-16(2)25-22(19-9-8-10-21(24)15-19)17(3)18-11-13-20(14-12-18)23(4,5)6;1-2-5(9)6-3-4-7(12-6)8(10)11/h7-15H,1-6H3;3-4H,2H2,1H3/b16-7-,22-17+;. The molecule has 2 aromatic carbocycles. The quantitative estimate of drug-likeness (QED) is 0.130. The first-order valence-electron chi connectivity index (χ1n) is 12.0. The summed E-state index contributed by atoms with van der Waals surface area (Å²) in [5.74, 6) is -0.252. The molecule has 0 aliphatic rings. The Kier molecular flexibility index (Phi) is 11.0. The number of nitrogens with zero attached hydrogens (tertiary/aromatic N) is 1. The molecule has 0 atom stereocenters. The zero-order chi connectivity index (χ0) is 27.8. The van der Waals surface area contributed by atoms with E-state index in [9.17, 15) is 19.3 Å². The van der Waals surface area contributed by atoms with Gasteiger partial charge >= 0.3 is 5.00 Å². The predicted molar refractivity (Wildman–Crippen MR) is 157 cm³/mol. The molecule has 196 valence electrons. The first-order chi connectivity index (χ1) is 17.4. The number of thioether (sulfide) groups is 1. The van der Waals surface area contributed by atoms with Crippen molar-refractivity contribution in [2.45, 2.75) is 60.3 Å². The average molecular weight is 540 g/mol. The molecular weight excluding hydrogens is 505 g/mol. The Morgan fingerprint density at radius 2 is 1.70 bits per heavy atom. The molecule has 4 nitrogen and oxygen atoms in total. The maximum Gasteiger partial charge on any atom is 0.324 e. The summed E-state index contributed by atoms with van der Waals surface area (Å²) < 4.78 is 13.8. The van der Waals surface area contributed by atoms with Crippen molar-refractivity contribution in [3.63, 3.8) is 0 Å². The van der Waals surface area contributed by atoms with Gasteiger partial charge in [-0.25, -0.2) is 4.39 Å². The molecule has 1 aromatic heterocycles. The molecule has 37 heavy (non-hydrogen) atoms. The second-order valence-corrected chi connectivity index (χ2v) is 11.8. The van der Waals surface area contributed by atoms with E-state index in [-0.39, 0.29) is 22.0 Å². The van der Waals surface area contributed by atoms with Gasteiger partial charge in [-0.1, -0.05) is 93.3 Å². The highest BCUT2D eigenvalue weighted by molar-refractivity contribution is 8.12. The maximum absolute atomic E-state index is 13.8. The summed E-state index contributed by atoms with van der Waals surface area (Å²) in [7, 11) is 0. The largest absolute Gasteiger partial charge is 0.324 e. The van der Waals surface area contributed by atoms with Crippen molar-refractivity contribution in [1.82, 2.24) is 0 Å². The number of allylic oxidation sites excluding steroid dienone is 3. The predicted octanol–water partition coefficient (Wildman–Crippen LogP) is 9.92. The molecule has 0 N–H and O–H groups in total. The summed E-state index contributed by atoms with van der Waals surface area (Å²) in [5.41, 5.74) is 4.70. The van der Waals surface area contributed by atoms with Crippen LogP contribution in [0, 0.1) is 15.9 Å². The van der Waals surface area contributed by atoms with Crippen LogP contribution in [0.3, 0.4) is 0 Å². The molecule has 0 saturated carbocycles. The maximum atomic E-state index is 13.8. The molecule has 0 bridgehead atoms. The first-order valence-corrected chi connectivity index (χ1v) is 13.7. The lowest BCUT2D eigenvalue weighted by molar-refractivity contribution is -0.380. The lowest BCUT2D eigenvalue weighted by atomic mass is 9.86. The summed E-state index contributed by atoms with van der Waals surface area (Å²) in [6, 6.07) is 18.4. The van der Waals surface area contributed by atoms with Crippen LogP contribution in [0.2, 0.25) is 0 Å². The summed E-state index contributed by atoms with van der Waals surface area (Å²) in [6.07, 6.45) is 2.47. The number of carbonyl (C=O) groups is 1. The van der Waals surface area contributed by atoms with E-state index in [1.165, 1.54) is 34.2 Å². The Morgan fingerprint density at radius 3 is 2.19 bits per heavy atom. The summed E-state index contributed by atoms with van der Waals surface area (Å²) in [4.78, 5) is 23.5. The van der Waals surface area contributed by atoms with Crippen LogP contribution >= 0.6 is 23.1 Å². The minimum Gasteiger partial charge on any atom is -0.293 e. The molecule has 3 aromatic rings. The van der Waals surface area contributed by atoms with Gasteiger partial charge < -0.3 is 0 Å². The number of thiophene rings is 1. The lowest BCUT2D eigenvalue weighted by Gasteiger charge is -2.20. The molecule has 0 saturated heterocycles. The van der Waals surface area contributed by atoms with Gasteiger partial charge in [0.2, 0.25) is 0 Å². The zero-order valence-corrected chi connectivity index (χ0v) is 24.1. The van der Waals surface area contributed by atoms with Crippen LogP contribution in [0.5, 0.6) is 0 Å². The molecule has 7 heteroatoms. The molecule has 0 amide bonds. The SMILES string of the molecule is C/C=C(/C)S/C(=C(\C)c1ccc(C(C)(C)C)cc1)c1cccc(F)c1.CCC(=O)c1ccc([N+](=O)[O-])s1. The van der Waals surface area contributed by atoms with Gasteiger partial charge in [-0.2, -0.15) is 0 Å². The van der Waals surface area contributed by atoms with Crippen LogP contribution in [0.1, 0.15) is 81.2 Å². The zero-order valence-electron chi connectivity index (χ0n) is 22.4. The van der Waals surface area contributed by atoms with E-state index in [4.69, 9.17) is 0 Å². The number of rotatable bonds is 7. The minimum atomic E-state index is -0.489. The monoisotopic (exact) mass is 539 g/mol. The summed E-state index contributed by atoms with van der Waals surface area (Å²) >= 11 is 2.62. The lowest BCUT2D eigenvalue weighted by Crippen LogP contribution is -2.10. The van der Waals surface area contributed by atoms with Gasteiger partial charge in [0.1, 0.15) is 5.82 Å². The summed E-state index contributed by atoms with van der Waals surface area (Å²) in [6.45, 7) is 14.6. The highest BCUT2D eigenvalue weighted by atomic mass is 32.2. The van der Waals surface area contributed by atoms with Crippen molar-refractivity contribution in [2.75, 3.05) is 0 Å². The second-order valence-electron chi connectivity index (χ2n) is 9.46. The fourth-order valence-electron chi connectivity index (χ4n) is 3.30. The molecule has 0 spiro atoms. The van der Waals surface area contributed by atoms with Crippen LogP contribution in [-0.2, 0) is 5.41 Å². The normalized spacial score (nSPS) is 12.4. The summed E-state index contributed by atoms with van der Waals surface area (Å²) in [5, 5.41) is 10.3. The Morgan fingerprint density at radius 1 is 1.05 bits per heavy atom. The smallest absolute Gasteiger partial charge is 0.293 e. The highest BCUT2D eigenvalue weighted by Crippen LogP contribution is 2.39. The van der Waals surface area contributed by atoms with E-state index in [0.29, 0.717) is 11.3 Å². The number of carbonyl (C=O) groups excluding carboxylic acids is 1. The molecule has 3 rings (SSSR count). The van der Waals surface area contributed by atoms with E-state index in [0.717, 1.165) is 27.4 Å². The van der Waals surface area contributed by atoms with E-state index in [2.05, 4.69) is 65.0 Å². The third kappa shape index (κ3) is 8.79. The van der Waals surface area contributed by atoms with E-state index < -0.39 is 4.92 Å². The number of benzene rings is 2. The highest BCUT2D eigenvalue weighted by Gasteiger charge is 2.15. The van der Waals surface area contributed by atoms with Crippen LogP contribution in [0.4, 0.5) is 9.39 Å². The van der Waals surface area contributed by atoms with Crippen LogP contribution in [0.15, 0.2) is 71.6 Å². The van der Waals surface area contributed by atoms with Gasteiger partial charge in [0.25, 0.3) is 0 Å². The van der Waals surface area contributed by atoms with Crippen LogP contribution in [-0.4, -0.2) is 10.7 Å². The third-order valence-corrected chi connectivity index (χ3v) is 8.03.